The molecule has 0 saturated carbocycles. The molecule has 0 unspecified atom stereocenters. The van der Waals surface area contributed by atoms with Crippen molar-refractivity contribution in [2.24, 2.45) is 5.92 Å². The highest BCUT2D eigenvalue weighted by molar-refractivity contribution is 6.10. The van der Waals surface area contributed by atoms with Crippen LogP contribution in [0, 0.1) is 5.92 Å². The fourth-order valence-electron chi connectivity index (χ4n) is 3.22. The Morgan fingerprint density at radius 3 is 2.03 bits per heavy atom. The van der Waals surface area contributed by atoms with E-state index < -0.39 is 11.9 Å². The van der Waals surface area contributed by atoms with Gasteiger partial charge in [0, 0.05) is 11.3 Å². The highest BCUT2D eigenvalue weighted by Gasteiger charge is 2.26. The zero-order valence-electron chi connectivity index (χ0n) is 18.8. The van der Waals surface area contributed by atoms with Gasteiger partial charge in [-0.1, -0.05) is 44.2 Å². The molecule has 0 aliphatic carbocycles. The average molecular weight is 446 g/mol. The summed E-state index contributed by atoms with van der Waals surface area (Å²) in [6, 6.07) is 21.6. The second-order valence-corrected chi connectivity index (χ2v) is 7.78. The normalized spacial score (nSPS) is 11.4. The summed E-state index contributed by atoms with van der Waals surface area (Å²) in [5.41, 5.74) is 1.68. The number of carbonyl (C=O) groups excluding carboxylic acids is 3. The van der Waals surface area contributed by atoms with Crippen molar-refractivity contribution in [1.82, 2.24) is 5.32 Å². The number of methoxy groups -OCH3 is 1. The summed E-state index contributed by atoms with van der Waals surface area (Å²) in [4.78, 5) is 38.6. The number of ether oxygens (including phenoxy) is 1. The van der Waals surface area contributed by atoms with Gasteiger partial charge in [0.1, 0.15) is 11.8 Å². The quantitative estimate of drug-likeness (QED) is 0.481. The molecule has 0 spiro atoms. The molecule has 0 saturated heterocycles. The number of amides is 3. The topological polar surface area (TPSA) is 96.5 Å². The summed E-state index contributed by atoms with van der Waals surface area (Å²) < 4.78 is 5.11. The number of para-hydroxylation sites is 2. The van der Waals surface area contributed by atoms with E-state index in [0.717, 1.165) is 0 Å². The second kappa shape index (κ2) is 10.9. The van der Waals surface area contributed by atoms with Crippen LogP contribution in [0.1, 0.15) is 34.6 Å². The fraction of sp³-hybridized carbons (Fsp3) is 0.192. The monoisotopic (exact) mass is 445 g/mol. The molecule has 1 atom stereocenters. The van der Waals surface area contributed by atoms with Gasteiger partial charge in [-0.3, -0.25) is 14.4 Å². The number of carbonyl (C=O) groups is 3. The lowest BCUT2D eigenvalue weighted by Gasteiger charge is -2.22. The van der Waals surface area contributed by atoms with Crippen LogP contribution in [-0.4, -0.2) is 30.9 Å². The molecule has 3 amide bonds. The number of anilines is 2. The summed E-state index contributed by atoms with van der Waals surface area (Å²) in [7, 11) is 1.55. The third-order valence-corrected chi connectivity index (χ3v) is 5.05. The number of benzene rings is 3. The smallest absolute Gasteiger partial charge is 0.255 e. The van der Waals surface area contributed by atoms with Gasteiger partial charge in [0.25, 0.3) is 11.8 Å². The largest absolute Gasteiger partial charge is 0.497 e. The second-order valence-electron chi connectivity index (χ2n) is 7.78. The molecule has 7 nitrogen and oxygen atoms in total. The lowest BCUT2D eigenvalue weighted by atomic mass is 10.0. The van der Waals surface area contributed by atoms with E-state index in [0.29, 0.717) is 22.7 Å². The molecule has 3 rings (SSSR count). The minimum Gasteiger partial charge on any atom is -0.497 e. The molecule has 7 heteroatoms. The van der Waals surface area contributed by atoms with Gasteiger partial charge in [-0.25, -0.2) is 0 Å². The first-order chi connectivity index (χ1) is 15.9. The van der Waals surface area contributed by atoms with Crippen LogP contribution in [-0.2, 0) is 4.79 Å². The standard InChI is InChI=1S/C26H27N3O4/c1-17(2)23(26(32)27-19-9-5-4-6-10-19)29-25(31)21-11-7-8-12-22(21)28-24(30)18-13-15-20(33-3)16-14-18/h4-17,23H,1-3H3,(H,27,32)(H,28,30)(H,29,31)/t23-/m0/s1. The lowest BCUT2D eigenvalue weighted by molar-refractivity contribution is -0.118. The number of hydrogen-bond donors (Lipinski definition) is 3. The van der Waals surface area contributed by atoms with E-state index in [4.69, 9.17) is 4.74 Å². The molecule has 0 aromatic heterocycles. The first-order valence-corrected chi connectivity index (χ1v) is 10.6. The van der Waals surface area contributed by atoms with Crippen LogP contribution < -0.4 is 20.7 Å². The van der Waals surface area contributed by atoms with Gasteiger partial charge < -0.3 is 20.7 Å². The molecular weight excluding hydrogens is 418 g/mol. The van der Waals surface area contributed by atoms with E-state index in [1.54, 1.807) is 67.8 Å². The van der Waals surface area contributed by atoms with Crippen molar-refractivity contribution in [1.29, 1.82) is 0 Å². The molecule has 0 radical (unpaired) electrons. The van der Waals surface area contributed by atoms with Crippen LogP contribution in [0.5, 0.6) is 5.75 Å². The van der Waals surface area contributed by atoms with Gasteiger partial charge in [0.15, 0.2) is 0 Å². The zero-order valence-corrected chi connectivity index (χ0v) is 18.8. The molecule has 33 heavy (non-hydrogen) atoms. The van der Waals surface area contributed by atoms with Crippen LogP contribution in [0.2, 0.25) is 0 Å². The number of hydrogen-bond acceptors (Lipinski definition) is 4. The van der Waals surface area contributed by atoms with Gasteiger partial charge in [-0.2, -0.15) is 0 Å². The van der Waals surface area contributed by atoms with Gasteiger partial charge in [-0.05, 0) is 54.4 Å². The first-order valence-electron chi connectivity index (χ1n) is 10.6. The predicted octanol–water partition coefficient (Wildman–Crippen LogP) is 4.34. The van der Waals surface area contributed by atoms with Gasteiger partial charge in [0.2, 0.25) is 5.91 Å². The number of rotatable bonds is 8. The van der Waals surface area contributed by atoms with Crippen LogP contribution in [0.3, 0.4) is 0 Å². The molecule has 3 N–H and O–H groups in total. The Kier molecular flexibility index (Phi) is 7.81. The molecule has 3 aromatic rings. The van der Waals surface area contributed by atoms with Crippen LogP contribution in [0.25, 0.3) is 0 Å². The van der Waals surface area contributed by atoms with E-state index in [1.165, 1.54) is 0 Å². The van der Waals surface area contributed by atoms with E-state index in [2.05, 4.69) is 16.0 Å². The maximum atomic E-state index is 13.1. The Bertz CT molecular complexity index is 1110. The molecule has 170 valence electrons. The van der Waals surface area contributed by atoms with E-state index in [9.17, 15) is 14.4 Å². The highest BCUT2D eigenvalue weighted by Crippen LogP contribution is 2.19. The molecule has 0 aliphatic rings. The molecule has 0 aliphatic heterocycles. The minimum absolute atomic E-state index is 0.154. The fourth-order valence-corrected chi connectivity index (χ4v) is 3.22. The molecular formula is C26H27N3O4. The van der Waals surface area contributed by atoms with Crippen LogP contribution in [0.15, 0.2) is 78.9 Å². The Balaban J connectivity index is 1.74. The van der Waals surface area contributed by atoms with Crippen molar-refractivity contribution in [2.45, 2.75) is 19.9 Å². The van der Waals surface area contributed by atoms with E-state index in [-0.39, 0.29) is 23.3 Å². The molecule has 0 bridgehead atoms. The Morgan fingerprint density at radius 1 is 0.758 bits per heavy atom. The third kappa shape index (κ3) is 6.20. The zero-order chi connectivity index (χ0) is 23.8. The highest BCUT2D eigenvalue weighted by atomic mass is 16.5. The summed E-state index contributed by atoms with van der Waals surface area (Å²) in [5.74, 6) is -0.648. The van der Waals surface area contributed by atoms with Gasteiger partial charge in [0.05, 0.1) is 18.4 Å². The summed E-state index contributed by atoms with van der Waals surface area (Å²) >= 11 is 0. The van der Waals surface area contributed by atoms with Crippen LogP contribution in [0.4, 0.5) is 11.4 Å². The average Bonchev–Trinajstić information content (AvgIpc) is 2.83. The van der Waals surface area contributed by atoms with E-state index in [1.807, 2.05) is 32.0 Å². The predicted molar refractivity (Wildman–Crippen MR) is 129 cm³/mol. The summed E-state index contributed by atoms with van der Waals surface area (Å²) in [6.07, 6.45) is 0. The minimum atomic E-state index is -0.761. The van der Waals surface area contributed by atoms with Crippen LogP contribution >= 0.6 is 0 Å². The third-order valence-electron chi connectivity index (χ3n) is 5.05. The summed E-state index contributed by atoms with van der Waals surface area (Å²) in [6.45, 7) is 3.71. The maximum Gasteiger partial charge on any atom is 0.255 e. The molecule has 3 aromatic carbocycles. The first kappa shape index (κ1) is 23.5. The van der Waals surface area contributed by atoms with Crippen molar-refractivity contribution < 1.29 is 19.1 Å². The Labute approximate surface area is 193 Å². The molecule has 0 fully saturated rings. The van der Waals surface area contributed by atoms with Crippen molar-refractivity contribution in [3.8, 4) is 5.75 Å². The Hall–Kier alpha value is -4.13. The maximum absolute atomic E-state index is 13.1. The van der Waals surface area contributed by atoms with Gasteiger partial charge >= 0.3 is 0 Å². The van der Waals surface area contributed by atoms with Gasteiger partial charge in [-0.15, -0.1) is 0 Å². The number of nitrogens with one attached hydrogen (secondary N) is 3. The summed E-state index contributed by atoms with van der Waals surface area (Å²) in [5, 5.41) is 8.40. The SMILES string of the molecule is COc1ccc(C(=O)Nc2ccccc2C(=O)N[C@H](C(=O)Nc2ccccc2)C(C)C)cc1. The Morgan fingerprint density at radius 2 is 1.39 bits per heavy atom. The van der Waals surface area contributed by atoms with Crippen molar-refractivity contribution in [3.63, 3.8) is 0 Å². The lowest BCUT2D eigenvalue weighted by Crippen LogP contribution is -2.47. The van der Waals surface area contributed by atoms with Crippen molar-refractivity contribution in [2.75, 3.05) is 17.7 Å². The van der Waals surface area contributed by atoms with E-state index >= 15 is 0 Å². The molecule has 0 heterocycles. The van der Waals surface area contributed by atoms with Crippen molar-refractivity contribution in [3.05, 3.63) is 90.0 Å². The van der Waals surface area contributed by atoms with Crippen molar-refractivity contribution >= 4 is 29.1 Å².